The minimum atomic E-state index is 0.139. The van der Waals surface area contributed by atoms with Gasteiger partial charge in [0.2, 0.25) is 0 Å². The fourth-order valence-corrected chi connectivity index (χ4v) is 2.91. The lowest BCUT2D eigenvalue weighted by Gasteiger charge is -2.29. The van der Waals surface area contributed by atoms with Crippen LogP contribution in [0.3, 0.4) is 0 Å². The molecule has 0 saturated heterocycles. The van der Waals surface area contributed by atoms with Crippen molar-refractivity contribution in [1.82, 2.24) is 4.90 Å². The number of amides is 1. The molecular weight excluding hydrogens is 246 g/mol. The summed E-state index contributed by atoms with van der Waals surface area (Å²) in [7, 11) is 0. The summed E-state index contributed by atoms with van der Waals surface area (Å²) >= 11 is 5.85. The second kappa shape index (κ2) is 6.24. The predicted molar refractivity (Wildman–Crippen MR) is 75.2 cm³/mol. The first kappa shape index (κ1) is 13.4. The molecule has 0 aromatic heterocycles. The van der Waals surface area contributed by atoms with Crippen LogP contribution in [0.2, 0.25) is 0 Å². The number of carbonyl (C=O) groups excluding carboxylic acids is 1. The van der Waals surface area contributed by atoms with Gasteiger partial charge in [-0.05, 0) is 31.4 Å². The standard InChI is InChI=1S/C15H20ClNO/c1-12-6-2-5-9-14(12)15(18)17(11-10-16)13-7-3-4-8-13/h2,5-6,9,13H,3-4,7-8,10-11H2,1H3. The Hall–Kier alpha value is -1.02. The molecule has 2 rings (SSSR count). The number of hydrogen-bond donors (Lipinski definition) is 0. The highest BCUT2D eigenvalue weighted by Gasteiger charge is 2.27. The number of benzene rings is 1. The summed E-state index contributed by atoms with van der Waals surface area (Å²) in [5, 5.41) is 0. The summed E-state index contributed by atoms with van der Waals surface area (Å²) in [6.07, 6.45) is 4.69. The van der Waals surface area contributed by atoms with Crippen LogP contribution in [0.25, 0.3) is 0 Å². The normalized spacial score (nSPS) is 15.9. The quantitative estimate of drug-likeness (QED) is 0.762. The lowest BCUT2D eigenvalue weighted by Crippen LogP contribution is -2.40. The van der Waals surface area contributed by atoms with E-state index in [2.05, 4.69) is 0 Å². The molecular formula is C15H20ClNO. The highest BCUT2D eigenvalue weighted by Crippen LogP contribution is 2.25. The number of halogens is 1. The maximum atomic E-state index is 12.6. The van der Waals surface area contributed by atoms with E-state index in [0.717, 1.165) is 24.0 Å². The number of aryl methyl sites for hydroxylation is 1. The van der Waals surface area contributed by atoms with Gasteiger partial charge in [-0.15, -0.1) is 11.6 Å². The Bertz CT molecular complexity index is 413. The van der Waals surface area contributed by atoms with E-state index < -0.39 is 0 Å². The first-order chi connectivity index (χ1) is 8.74. The number of rotatable bonds is 4. The average Bonchev–Trinajstić information content (AvgIpc) is 2.89. The van der Waals surface area contributed by atoms with Crippen molar-refractivity contribution in [3.8, 4) is 0 Å². The molecule has 1 saturated carbocycles. The molecule has 3 heteroatoms. The van der Waals surface area contributed by atoms with Gasteiger partial charge in [-0.25, -0.2) is 0 Å². The van der Waals surface area contributed by atoms with Crippen LogP contribution in [-0.2, 0) is 0 Å². The van der Waals surface area contributed by atoms with Gasteiger partial charge >= 0.3 is 0 Å². The molecule has 1 amide bonds. The molecule has 1 fully saturated rings. The highest BCUT2D eigenvalue weighted by molar-refractivity contribution is 6.18. The molecule has 2 nitrogen and oxygen atoms in total. The summed E-state index contributed by atoms with van der Waals surface area (Å²) in [6.45, 7) is 2.64. The SMILES string of the molecule is Cc1ccccc1C(=O)N(CCCl)C1CCCC1. The molecule has 0 bridgehead atoms. The minimum absolute atomic E-state index is 0.139. The molecule has 0 atom stereocenters. The lowest BCUT2D eigenvalue weighted by molar-refractivity contribution is 0.0694. The Morgan fingerprint density at radius 2 is 2.00 bits per heavy atom. The first-order valence-corrected chi connectivity index (χ1v) is 7.20. The summed E-state index contributed by atoms with van der Waals surface area (Å²) < 4.78 is 0. The lowest BCUT2D eigenvalue weighted by atomic mass is 10.1. The summed E-state index contributed by atoms with van der Waals surface area (Å²) in [6, 6.07) is 8.17. The van der Waals surface area contributed by atoms with E-state index in [-0.39, 0.29) is 5.91 Å². The van der Waals surface area contributed by atoms with Crippen molar-refractivity contribution < 1.29 is 4.79 Å². The van der Waals surface area contributed by atoms with Gasteiger partial charge in [0.15, 0.2) is 0 Å². The van der Waals surface area contributed by atoms with Gasteiger partial charge in [0.05, 0.1) is 0 Å². The van der Waals surface area contributed by atoms with Gasteiger partial charge in [-0.3, -0.25) is 4.79 Å². The second-order valence-electron chi connectivity index (χ2n) is 4.94. The van der Waals surface area contributed by atoms with Crippen molar-refractivity contribution in [3.05, 3.63) is 35.4 Å². The second-order valence-corrected chi connectivity index (χ2v) is 5.32. The zero-order chi connectivity index (χ0) is 13.0. The van der Waals surface area contributed by atoms with Crippen molar-refractivity contribution in [2.75, 3.05) is 12.4 Å². The highest BCUT2D eigenvalue weighted by atomic mass is 35.5. The molecule has 1 aromatic rings. The van der Waals surface area contributed by atoms with Gasteiger partial charge in [0.25, 0.3) is 5.91 Å². The third kappa shape index (κ3) is 2.86. The van der Waals surface area contributed by atoms with E-state index in [9.17, 15) is 4.79 Å². The molecule has 0 heterocycles. The summed E-state index contributed by atoms with van der Waals surface area (Å²) in [5.41, 5.74) is 1.86. The van der Waals surface area contributed by atoms with Crippen LogP contribution in [0.5, 0.6) is 0 Å². The molecule has 1 aliphatic rings. The Kier molecular flexibility index (Phi) is 4.65. The van der Waals surface area contributed by atoms with Crippen LogP contribution < -0.4 is 0 Å². The van der Waals surface area contributed by atoms with E-state index >= 15 is 0 Å². The Balaban J connectivity index is 2.20. The number of hydrogen-bond acceptors (Lipinski definition) is 1. The van der Waals surface area contributed by atoms with E-state index in [1.54, 1.807) is 0 Å². The average molecular weight is 266 g/mol. The molecule has 1 aliphatic carbocycles. The third-order valence-electron chi connectivity index (χ3n) is 3.73. The van der Waals surface area contributed by atoms with Gasteiger partial charge in [-0.2, -0.15) is 0 Å². The molecule has 1 aromatic carbocycles. The van der Waals surface area contributed by atoms with Crippen molar-refractivity contribution in [2.45, 2.75) is 38.6 Å². The van der Waals surface area contributed by atoms with Crippen LogP contribution in [-0.4, -0.2) is 29.3 Å². The van der Waals surface area contributed by atoms with E-state index in [1.807, 2.05) is 36.1 Å². The molecule has 98 valence electrons. The van der Waals surface area contributed by atoms with Crippen LogP contribution in [0.4, 0.5) is 0 Å². The topological polar surface area (TPSA) is 20.3 Å². The van der Waals surface area contributed by atoms with Crippen molar-refractivity contribution in [3.63, 3.8) is 0 Å². The fourth-order valence-electron chi connectivity index (χ4n) is 2.72. The number of alkyl halides is 1. The van der Waals surface area contributed by atoms with Crippen LogP contribution in [0.1, 0.15) is 41.6 Å². The number of carbonyl (C=O) groups is 1. The molecule has 18 heavy (non-hydrogen) atoms. The van der Waals surface area contributed by atoms with Crippen molar-refractivity contribution >= 4 is 17.5 Å². The Labute approximate surface area is 114 Å². The number of nitrogens with zero attached hydrogens (tertiary/aromatic N) is 1. The van der Waals surface area contributed by atoms with Crippen LogP contribution >= 0.6 is 11.6 Å². The molecule has 0 N–H and O–H groups in total. The monoisotopic (exact) mass is 265 g/mol. The molecule has 0 spiro atoms. The Morgan fingerprint density at radius 3 is 2.61 bits per heavy atom. The largest absolute Gasteiger partial charge is 0.334 e. The zero-order valence-electron chi connectivity index (χ0n) is 10.9. The van der Waals surface area contributed by atoms with Crippen LogP contribution in [0, 0.1) is 6.92 Å². The van der Waals surface area contributed by atoms with E-state index in [1.165, 1.54) is 12.8 Å². The van der Waals surface area contributed by atoms with Crippen LogP contribution in [0.15, 0.2) is 24.3 Å². The molecule has 0 aliphatic heterocycles. The molecule has 0 unspecified atom stereocenters. The molecule has 0 radical (unpaired) electrons. The third-order valence-corrected chi connectivity index (χ3v) is 3.90. The summed E-state index contributed by atoms with van der Waals surface area (Å²) in [5.74, 6) is 0.648. The zero-order valence-corrected chi connectivity index (χ0v) is 11.6. The van der Waals surface area contributed by atoms with E-state index in [4.69, 9.17) is 11.6 Å². The predicted octanol–water partition coefficient (Wildman–Crippen LogP) is 3.62. The maximum Gasteiger partial charge on any atom is 0.254 e. The first-order valence-electron chi connectivity index (χ1n) is 6.66. The van der Waals surface area contributed by atoms with E-state index in [0.29, 0.717) is 18.5 Å². The maximum absolute atomic E-state index is 12.6. The van der Waals surface area contributed by atoms with Crippen molar-refractivity contribution in [1.29, 1.82) is 0 Å². The van der Waals surface area contributed by atoms with Crippen molar-refractivity contribution in [2.24, 2.45) is 0 Å². The summed E-state index contributed by atoms with van der Waals surface area (Å²) in [4.78, 5) is 14.6. The fraction of sp³-hybridized carbons (Fsp3) is 0.533. The van der Waals surface area contributed by atoms with Gasteiger partial charge in [0, 0.05) is 24.0 Å². The smallest absolute Gasteiger partial charge is 0.254 e. The van der Waals surface area contributed by atoms with Gasteiger partial charge < -0.3 is 4.90 Å². The van der Waals surface area contributed by atoms with Gasteiger partial charge in [0.1, 0.15) is 0 Å². The minimum Gasteiger partial charge on any atom is -0.334 e. The Morgan fingerprint density at radius 1 is 1.33 bits per heavy atom. The van der Waals surface area contributed by atoms with Gasteiger partial charge in [-0.1, -0.05) is 31.0 Å².